The van der Waals surface area contributed by atoms with Gasteiger partial charge in [-0.05, 0) is 49.0 Å². The molecule has 0 saturated carbocycles. The summed E-state index contributed by atoms with van der Waals surface area (Å²) in [5.74, 6) is 0.0366. The summed E-state index contributed by atoms with van der Waals surface area (Å²) in [5, 5.41) is 9.38. The molecule has 6 heteroatoms. The Balaban J connectivity index is 5.34. The van der Waals surface area contributed by atoms with Gasteiger partial charge in [0.05, 0.1) is 6.07 Å². The van der Waals surface area contributed by atoms with E-state index < -0.39 is 16.6 Å². The van der Waals surface area contributed by atoms with Crippen molar-refractivity contribution in [3.05, 3.63) is 0 Å². The summed E-state index contributed by atoms with van der Waals surface area (Å²) in [6.07, 6.45) is 1.61. The van der Waals surface area contributed by atoms with Gasteiger partial charge in [-0.25, -0.2) is 0 Å². The second-order valence-electron chi connectivity index (χ2n) is 6.62. The molecule has 0 bridgehead atoms. The van der Waals surface area contributed by atoms with Crippen LogP contribution in [0.2, 0.25) is 42.6 Å². The van der Waals surface area contributed by atoms with Crippen molar-refractivity contribution in [1.82, 2.24) is 0 Å². The van der Waals surface area contributed by atoms with Crippen LogP contribution in [-0.4, -0.2) is 23.8 Å². The minimum Gasteiger partial charge on any atom is -0.453 e. The molecule has 3 nitrogen and oxygen atoms in total. The number of hydrogen-bond acceptors (Lipinski definition) is 3. The summed E-state index contributed by atoms with van der Waals surface area (Å²) in [4.78, 5) is 0. The van der Waals surface area contributed by atoms with Gasteiger partial charge in [0, 0.05) is 5.92 Å². The van der Waals surface area contributed by atoms with Crippen molar-refractivity contribution in [2.75, 3.05) is 0 Å². The molecule has 0 aromatic heterocycles. The van der Waals surface area contributed by atoms with Gasteiger partial charge in [0.2, 0.25) is 0 Å². The molecular formula is C17H38BNO2Si2. The van der Waals surface area contributed by atoms with Crippen molar-refractivity contribution >= 4 is 23.8 Å². The second kappa shape index (κ2) is 11.5. The van der Waals surface area contributed by atoms with E-state index in [1.807, 2.05) is 0 Å². The molecule has 0 radical (unpaired) electrons. The molecule has 0 aromatic carbocycles. The summed E-state index contributed by atoms with van der Waals surface area (Å²) < 4.78 is 13.4. The summed E-state index contributed by atoms with van der Waals surface area (Å²) in [5.41, 5.74) is 0. The Kier molecular flexibility index (Phi) is 11.4. The monoisotopic (exact) mass is 355 g/mol. The number of hydrogen-bond donors (Lipinski definition) is 0. The zero-order chi connectivity index (χ0) is 17.9. The fourth-order valence-corrected chi connectivity index (χ4v) is 8.72. The highest BCUT2D eigenvalue weighted by Gasteiger charge is 2.40. The third-order valence-electron chi connectivity index (χ3n) is 5.78. The Labute approximate surface area is 147 Å². The zero-order valence-electron chi connectivity index (χ0n) is 16.6. The molecule has 0 aromatic rings. The SMILES string of the molecule is CCC(C#N)CB(O[Si](CC)(CC)CC)O[Si](CC)(CC)CC. The van der Waals surface area contributed by atoms with Crippen LogP contribution in [0.3, 0.4) is 0 Å². The maximum atomic E-state index is 9.38. The minimum absolute atomic E-state index is 0.0366. The van der Waals surface area contributed by atoms with Crippen molar-refractivity contribution in [3.8, 4) is 6.07 Å². The normalized spacial score (nSPS) is 13.7. The molecule has 1 atom stereocenters. The number of rotatable bonds is 13. The van der Waals surface area contributed by atoms with Gasteiger partial charge in [0.25, 0.3) is 0 Å². The highest BCUT2D eigenvalue weighted by atomic mass is 28.4. The first kappa shape index (κ1) is 22.9. The first-order valence-corrected chi connectivity index (χ1v) is 14.7. The van der Waals surface area contributed by atoms with E-state index in [0.29, 0.717) is 0 Å². The van der Waals surface area contributed by atoms with E-state index in [9.17, 15) is 5.26 Å². The van der Waals surface area contributed by atoms with Crippen LogP contribution in [0.1, 0.15) is 54.9 Å². The fourth-order valence-electron chi connectivity index (χ4n) is 3.22. The minimum atomic E-state index is -1.72. The highest BCUT2D eigenvalue weighted by molar-refractivity contribution is 6.83. The Bertz CT molecular complexity index is 316. The smallest absolute Gasteiger partial charge is 0.436 e. The lowest BCUT2D eigenvalue weighted by atomic mass is 9.78. The lowest BCUT2D eigenvalue weighted by Crippen LogP contribution is -2.49. The van der Waals surface area contributed by atoms with Gasteiger partial charge < -0.3 is 8.69 Å². The van der Waals surface area contributed by atoms with E-state index in [-0.39, 0.29) is 13.0 Å². The van der Waals surface area contributed by atoms with Crippen molar-refractivity contribution in [1.29, 1.82) is 5.26 Å². The third-order valence-corrected chi connectivity index (χ3v) is 15.0. The molecule has 134 valence electrons. The van der Waals surface area contributed by atoms with Crippen LogP contribution in [0.4, 0.5) is 0 Å². The lowest BCUT2D eigenvalue weighted by molar-refractivity contribution is 0.389. The lowest BCUT2D eigenvalue weighted by Gasteiger charge is -2.37. The van der Waals surface area contributed by atoms with Crippen LogP contribution in [0.5, 0.6) is 0 Å². The van der Waals surface area contributed by atoms with E-state index in [0.717, 1.165) is 49.0 Å². The average molecular weight is 355 g/mol. The molecule has 23 heavy (non-hydrogen) atoms. The average Bonchev–Trinajstić information content (AvgIpc) is 2.61. The Morgan fingerprint density at radius 2 is 1.13 bits per heavy atom. The molecule has 0 heterocycles. The predicted molar refractivity (Wildman–Crippen MR) is 107 cm³/mol. The summed E-state index contributed by atoms with van der Waals surface area (Å²) in [7, 11) is -3.61. The van der Waals surface area contributed by atoms with Gasteiger partial charge in [0.1, 0.15) is 0 Å². The summed E-state index contributed by atoms with van der Waals surface area (Å²) in [6.45, 7) is 15.6. The molecular weight excluding hydrogens is 317 g/mol. The van der Waals surface area contributed by atoms with Crippen molar-refractivity contribution in [3.63, 3.8) is 0 Å². The van der Waals surface area contributed by atoms with Gasteiger partial charge in [-0.1, -0.05) is 48.5 Å². The van der Waals surface area contributed by atoms with E-state index in [4.69, 9.17) is 8.69 Å². The maximum Gasteiger partial charge on any atom is 0.436 e. The van der Waals surface area contributed by atoms with Crippen molar-refractivity contribution in [2.45, 2.75) is 97.5 Å². The van der Waals surface area contributed by atoms with Crippen LogP contribution in [0.25, 0.3) is 0 Å². The van der Waals surface area contributed by atoms with Crippen molar-refractivity contribution < 1.29 is 8.69 Å². The predicted octanol–water partition coefficient (Wildman–Crippen LogP) is 6.07. The molecule has 0 amide bonds. The maximum absolute atomic E-state index is 9.38. The first-order valence-electron chi connectivity index (χ1n) is 9.69. The van der Waals surface area contributed by atoms with Gasteiger partial charge in [-0.15, -0.1) is 0 Å². The molecule has 0 N–H and O–H groups in total. The fraction of sp³-hybridized carbons (Fsp3) is 0.941. The second-order valence-corrected chi connectivity index (χ2v) is 16.1. The first-order chi connectivity index (χ1) is 10.9. The van der Waals surface area contributed by atoms with E-state index in [1.165, 1.54) is 0 Å². The molecule has 1 unspecified atom stereocenters. The van der Waals surface area contributed by atoms with E-state index >= 15 is 0 Å². The largest absolute Gasteiger partial charge is 0.453 e. The topological polar surface area (TPSA) is 42.2 Å². The van der Waals surface area contributed by atoms with Crippen LogP contribution >= 0.6 is 0 Å². The van der Waals surface area contributed by atoms with Crippen LogP contribution in [-0.2, 0) is 8.69 Å². The third kappa shape index (κ3) is 6.73. The standard InChI is InChI=1S/C17H38BNO2Si2/c1-8-17(16-19)15-18(20-22(9-2,10-3)11-4)21-23(12-5,13-6)14-7/h17H,8-15H2,1-7H3. The Hall–Kier alpha value is -0.0913. The highest BCUT2D eigenvalue weighted by Crippen LogP contribution is 2.30. The quantitative estimate of drug-likeness (QED) is 0.377. The van der Waals surface area contributed by atoms with Gasteiger partial charge in [-0.3, -0.25) is 0 Å². The van der Waals surface area contributed by atoms with Crippen LogP contribution in [0, 0.1) is 17.2 Å². The molecule has 0 fully saturated rings. The van der Waals surface area contributed by atoms with Gasteiger partial charge in [-0.2, -0.15) is 5.26 Å². The van der Waals surface area contributed by atoms with Crippen LogP contribution in [0.15, 0.2) is 0 Å². The molecule has 0 aliphatic rings. The Morgan fingerprint density at radius 3 is 1.35 bits per heavy atom. The molecule has 0 spiro atoms. The molecule has 0 saturated heterocycles. The number of nitriles is 1. The van der Waals surface area contributed by atoms with E-state index in [1.54, 1.807) is 0 Å². The zero-order valence-corrected chi connectivity index (χ0v) is 18.6. The van der Waals surface area contributed by atoms with Crippen molar-refractivity contribution in [2.24, 2.45) is 5.92 Å². The summed E-state index contributed by atoms with van der Waals surface area (Å²) in [6, 6.07) is 9.20. The summed E-state index contributed by atoms with van der Waals surface area (Å²) >= 11 is 0. The molecule has 0 aliphatic carbocycles. The van der Waals surface area contributed by atoms with Gasteiger partial charge in [0.15, 0.2) is 16.6 Å². The van der Waals surface area contributed by atoms with Crippen LogP contribution < -0.4 is 0 Å². The van der Waals surface area contributed by atoms with Gasteiger partial charge >= 0.3 is 7.12 Å². The molecule has 0 aliphatic heterocycles. The molecule has 0 rings (SSSR count). The van der Waals surface area contributed by atoms with E-state index in [2.05, 4.69) is 54.5 Å². The Morgan fingerprint density at radius 1 is 0.783 bits per heavy atom. The number of nitrogens with zero attached hydrogens (tertiary/aromatic N) is 1.